The number of halogens is 2. The molecule has 0 atom stereocenters. The molecule has 0 spiro atoms. The van der Waals surface area contributed by atoms with Crippen molar-refractivity contribution in [2.75, 3.05) is 6.61 Å². The second-order valence-corrected chi connectivity index (χ2v) is 5.75. The highest BCUT2D eigenvalue weighted by atomic mass is 35.5. The lowest BCUT2D eigenvalue weighted by atomic mass is 10.2. The maximum absolute atomic E-state index is 11.9. The van der Waals surface area contributed by atoms with E-state index in [0.717, 1.165) is 11.6 Å². The van der Waals surface area contributed by atoms with Gasteiger partial charge < -0.3 is 10.1 Å². The van der Waals surface area contributed by atoms with Gasteiger partial charge in [-0.15, -0.1) is 0 Å². The van der Waals surface area contributed by atoms with Gasteiger partial charge in [-0.25, -0.2) is 4.79 Å². The molecule has 0 saturated carbocycles. The van der Waals surface area contributed by atoms with Crippen molar-refractivity contribution in [2.24, 2.45) is 0 Å². The third-order valence-electron chi connectivity index (χ3n) is 3.12. The Hall–Kier alpha value is -2.64. The first-order chi connectivity index (χ1) is 11.9. The summed E-state index contributed by atoms with van der Waals surface area (Å²) in [7, 11) is 0. The molecule has 2 aromatic rings. The van der Waals surface area contributed by atoms with Crippen LogP contribution in [0.2, 0.25) is 10.0 Å². The second kappa shape index (κ2) is 8.46. The summed E-state index contributed by atoms with van der Waals surface area (Å²) in [6, 6.07) is 10.4. The van der Waals surface area contributed by atoms with E-state index in [2.05, 4.69) is 5.32 Å². The van der Waals surface area contributed by atoms with Gasteiger partial charge in [0.1, 0.15) is 5.02 Å². The van der Waals surface area contributed by atoms with Crippen LogP contribution >= 0.6 is 23.2 Å². The van der Waals surface area contributed by atoms with Crippen molar-refractivity contribution >= 4 is 40.8 Å². The zero-order valence-electron chi connectivity index (χ0n) is 12.7. The lowest BCUT2D eigenvalue weighted by Gasteiger charge is -2.07. The zero-order chi connectivity index (χ0) is 18.4. The predicted octanol–water partition coefficient (Wildman–Crippen LogP) is 3.37. The third kappa shape index (κ3) is 5.44. The zero-order valence-corrected chi connectivity index (χ0v) is 14.2. The quantitative estimate of drug-likeness (QED) is 0.469. The number of rotatable bonds is 6. The van der Waals surface area contributed by atoms with Gasteiger partial charge in [0.2, 0.25) is 0 Å². The molecule has 2 aromatic carbocycles. The van der Waals surface area contributed by atoms with Crippen molar-refractivity contribution in [3.8, 4) is 0 Å². The Kier molecular flexibility index (Phi) is 6.32. The van der Waals surface area contributed by atoms with E-state index in [4.69, 9.17) is 27.9 Å². The highest BCUT2D eigenvalue weighted by molar-refractivity contribution is 6.32. The molecule has 1 N–H and O–H groups in total. The normalized spacial score (nSPS) is 10.2. The van der Waals surface area contributed by atoms with E-state index in [1.165, 1.54) is 12.1 Å². The summed E-state index contributed by atoms with van der Waals surface area (Å²) in [5.41, 5.74) is 0.349. The minimum absolute atomic E-state index is 0.0680. The lowest BCUT2D eigenvalue weighted by Crippen LogP contribution is -2.28. The summed E-state index contributed by atoms with van der Waals surface area (Å²) in [5.74, 6) is -1.37. The molecule has 1 amide bonds. The van der Waals surface area contributed by atoms with Crippen molar-refractivity contribution in [3.05, 3.63) is 73.8 Å². The molecule has 0 bridgehead atoms. The highest BCUT2D eigenvalue weighted by Crippen LogP contribution is 2.25. The molecule has 2 rings (SSSR count). The van der Waals surface area contributed by atoms with E-state index in [1.807, 2.05) is 0 Å². The number of nitrogens with zero attached hydrogens (tertiary/aromatic N) is 1. The molecular weight excluding hydrogens is 371 g/mol. The third-order valence-corrected chi connectivity index (χ3v) is 3.69. The number of nitro groups is 1. The number of carbonyl (C=O) groups excluding carboxylic acids is 2. The number of hydrogen-bond acceptors (Lipinski definition) is 5. The van der Waals surface area contributed by atoms with Gasteiger partial charge in [0.15, 0.2) is 6.61 Å². The minimum atomic E-state index is -0.860. The number of amides is 1. The van der Waals surface area contributed by atoms with Crippen molar-refractivity contribution in [2.45, 2.75) is 6.54 Å². The summed E-state index contributed by atoms with van der Waals surface area (Å²) < 4.78 is 4.83. The molecule has 0 fully saturated rings. The van der Waals surface area contributed by atoms with Gasteiger partial charge in [0.25, 0.3) is 11.6 Å². The van der Waals surface area contributed by atoms with E-state index < -0.39 is 29.1 Å². The Labute approximate surface area is 152 Å². The van der Waals surface area contributed by atoms with Crippen LogP contribution in [0.25, 0.3) is 0 Å². The van der Waals surface area contributed by atoms with Crippen molar-refractivity contribution in [3.63, 3.8) is 0 Å². The number of hydrogen-bond donors (Lipinski definition) is 1. The average molecular weight is 383 g/mol. The van der Waals surface area contributed by atoms with Crippen LogP contribution in [0.1, 0.15) is 15.9 Å². The molecule has 9 heteroatoms. The van der Waals surface area contributed by atoms with E-state index >= 15 is 0 Å². The van der Waals surface area contributed by atoms with E-state index in [9.17, 15) is 19.7 Å². The Balaban J connectivity index is 1.87. The van der Waals surface area contributed by atoms with Gasteiger partial charge in [-0.05, 0) is 29.8 Å². The lowest BCUT2D eigenvalue weighted by molar-refractivity contribution is -0.384. The van der Waals surface area contributed by atoms with Crippen LogP contribution in [0.15, 0.2) is 42.5 Å². The Morgan fingerprint density at radius 2 is 1.80 bits per heavy atom. The van der Waals surface area contributed by atoms with Crippen LogP contribution in [-0.4, -0.2) is 23.4 Å². The molecular formula is C16H12Cl2N2O5. The maximum atomic E-state index is 11.9. The fraction of sp³-hybridized carbons (Fsp3) is 0.125. The molecule has 0 aliphatic rings. The molecule has 25 heavy (non-hydrogen) atoms. The Morgan fingerprint density at radius 3 is 2.44 bits per heavy atom. The van der Waals surface area contributed by atoms with Gasteiger partial charge in [0.05, 0.1) is 10.5 Å². The van der Waals surface area contributed by atoms with Crippen molar-refractivity contribution in [1.29, 1.82) is 0 Å². The van der Waals surface area contributed by atoms with Crippen LogP contribution < -0.4 is 5.32 Å². The fourth-order valence-electron chi connectivity index (χ4n) is 1.85. The van der Waals surface area contributed by atoms with E-state index in [-0.39, 0.29) is 17.1 Å². The number of nitrogens with one attached hydrogen (secondary N) is 1. The molecule has 7 nitrogen and oxygen atoms in total. The largest absolute Gasteiger partial charge is 0.452 e. The number of benzene rings is 2. The summed E-state index contributed by atoms with van der Waals surface area (Å²) in [6.45, 7) is -0.261. The summed E-state index contributed by atoms with van der Waals surface area (Å²) in [6.07, 6.45) is 0. The standard InChI is InChI=1S/C16H12Cl2N2O5/c17-12-4-1-10(2-5-12)8-19-15(21)9-25-16(22)11-3-6-13(18)14(7-11)20(23)24/h1-7H,8-9H2,(H,19,21). The first-order valence-electron chi connectivity index (χ1n) is 6.99. The number of nitro benzene ring substituents is 1. The van der Waals surface area contributed by atoms with Gasteiger partial charge >= 0.3 is 5.97 Å². The van der Waals surface area contributed by atoms with Crippen LogP contribution in [-0.2, 0) is 16.1 Å². The summed E-state index contributed by atoms with van der Waals surface area (Å²) >= 11 is 11.4. The number of esters is 1. The number of ether oxygens (including phenoxy) is 1. The van der Waals surface area contributed by atoms with Crippen LogP contribution in [0.5, 0.6) is 0 Å². The minimum Gasteiger partial charge on any atom is -0.452 e. The molecule has 0 aliphatic carbocycles. The summed E-state index contributed by atoms with van der Waals surface area (Å²) in [4.78, 5) is 33.7. The second-order valence-electron chi connectivity index (χ2n) is 4.90. The molecule has 0 heterocycles. The van der Waals surface area contributed by atoms with Crippen molar-refractivity contribution in [1.82, 2.24) is 5.32 Å². The molecule has 0 radical (unpaired) electrons. The molecule has 0 aromatic heterocycles. The molecule has 0 saturated heterocycles. The highest BCUT2D eigenvalue weighted by Gasteiger charge is 2.17. The van der Waals surface area contributed by atoms with Gasteiger partial charge in [-0.1, -0.05) is 35.3 Å². The SMILES string of the molecule is O=C(COC(=O)c1ccc(Cl)c([N+](=O)[O-])c1)NCc1ccc(Cl)cc1. The van der Waals surface area contributed by atoms with Crippen LogP contribution in [0, 0.1) is 10.1 Å². The first kappa shape index (κ1) is 18.7. The summed E-state index contributed by atoms with van der Waals surface area (Å²) in [5, 5.41) is 13.9. The van der Waals surface area contributed by atoms with E-state index in [0.29, 0.717) is 5.02 Å². The van der Waals surface area contributed by atoms with Crippen molar-refractivity contribution < 1.29 is 19.2 Å². The first-order valence-corrected chi connectivity index (χ1v) is 7.74. The van der Waals surface area contributed by atoms with Crippen LogP contribution in [0.3, 0.4) is 0 Å². The van der Waals surface area contributed by atoms with Crippen LogP contribution in [0.4, 0.5) is 5.69 Å². The Morgan fingerprint density at radius 1 is 1.12 bits per heavy atom. The monoisotopic (exact) mass is 382 g/mol. The topological polar surface area (TPSA) is 98.5 Å². The number of carbonyl (C=O) groups is 2. The maximum Gasteiger partial charge on any atom is 0.338 e. The fourth-order valence-corrected chi connectivity index (χ4v) is 2.16. The smallest absolute Gasteiger partial charge is 0.338 e. The molecule has 0 unspecified atom stereocenters. The van der Waals surface area contributed by atoms with Gasteiger partial charge in [0, 0.05) is 17.6 Å². The average Bonchev–Trinajstić information content (AvgIpc) is 2.59. The van der Waals surface area contributed by atoms with Gasteiger partial charge in [-0.2, -0.15) is 0 Å². The molecule has 0 aliphatic heterocycles. The van der Waals surface area contributed by atoms with E-state index in [1.54, 1.807) is 24.3 Å². The van der Waals surface area contributed by atoms with Gasteiger partial charge in [-0.3, -0.25) is 14.9 Å². The Bertz CT molecular complexity index is 809. The predicted molar refractivity (Wildman–Crippen MR) is 91.7 cm³/mol. The molecule has 130 valence electrons.